The average molecular weight is 260 g/mol. The lowest BCUT2D eigenvalue weighted by molar-refractivity contribution is 0.0694. The van der Waals surface area contributed by atoms with Crippen LogP contribution in [0.2, 0.25) is 0 Å². The number of rotatable bonds is 4. The number of carbonyl (C=O) groups excluding carboxylic acids is 1. The maximum atomic E-state index is 12.3. The van der Waals surface area contributed by atoms with Gasteiger partial charge in [-0.05, 0) is 32.4 Å². The van der Waals surface area contributed by atoms with Crippen molar-refractivity contribution in [1.82, 2.24) is 9.88 Å². The standard InChI is InChI=1S/C15H20N2O2/c1-4-12(3)17(5-2)15(19)14-9-8-13(11-16-14)7-6-10-18/h8-9,11-12,18H,4-5,10H2,1-3H3. The van der Waals surface area contributed by atoms with E-state index in [2.05, 4.69) is 23.7 Å². The predicted molar refractivity (Wildman–Crippen MR) is 74.7 cm³/mol. The first kappa shape index (κ1) is 15.2. The first-order valence-electron chi connectivity index (χ1n) is 6.50. The van der Waals surface area contributed by atoms with Gasteiger partial charge in [-0.3, -0.25) is 4.79 Å². The van der Waals surface area contributed by atoms with Crippen LogP contribution in [0, 0.1) is 11.8 Å². The Balaban J connectivity index is 2.87. The van der Waals surface area contributed by atoms with Crippen LogP contribution in [0.25, 0.3) is 0 Å². The monoisotopic (exact) mass is 260 g/mol. The van der Waals surface area contributed by atoms with Gasteiger partial charge >= 0.3 is 0 Å². The zero-order chi connectivity index (χ0) is 14.3. The quantitative estimate of drug-likeness (QED) is 0.838. The van der Waals surface area contributed by atoms with E-state index >= 15 is 0 Å². The largest absolute Gasteiger partial charge is 0.384 e. The van der Waals surface area contributed by atoms with E-state index in [1.165, 1.54) is 0 Å². The Morgan fingerprint density at radius 2 is 2.21 bits per heavy atom. The van der Waals surface area contributed by atoms with Crippen molar-refractivity contribution in [2.45, 2.75) is 33.2 Å². The lowest BCUT2D eigenvalue weighted by Gasteiger charge is -2.26. The molecular formula is C15H20N2O2. The van der Waals surface area contributed by atoms with Crippen molar-refractivity contribution in [1.29, 1.82) is 0 Å². The molecule has 1 unspecified atom stereocenters. The van der Waals surface area contributed by atoms with Gasteiger partial charge in [0, 0.05) is 24.3 Å². The fraction of sp³-hybridized carbons (Fsp3) is 0.467. The van der Waals surface area contributed by atoms with Crippen LogP contribution in [-0.4, -0.2) is 40.1 Å². The van der Waals surface area contributed by atoms with Crippen LogP contribution < -0.4 is 0 Å². The summed E-state index contributed by atoms with van der Waals surface area (Å²) in [6, 6.07) is 3.62. The van der Waals surface area contributed by atoms with Gasteiger partial charge in [-0.15, -0.1) is 0 Å². The van der Waals surface area contributed by atoms with Crippen LogP contribution in [0.15, 0.2) is 18.3 Å². The van der Waals surface area contributed by atoms with E-state index in [9.17, 15) is 4.79 Å². The fourth-order valence-electron chi connectivity index (χ4n) is 1.76. The van der Waals surface area contributed by atoms with Gasteiger partial charge in [-0.25, -0.2) is 4.98 Å². The summed E-state index contributed by atoms with van der Waals surface area (Å²) in [5, 5.41) is 8.61. The van der Waals surface area contributed by atoms with Crippen molar-refractivity contribution < 1.29 is 9.90 Å². The number of pyridine rings is 1. The highest BCUT2D eigenvalue weighted by molar-refractivity contribution is 5.92. The molecule has 1 rings (SSSR count). The normalized spacial score (nSPS) is 11.4. The lowest BCUT2D eigenvalue weighted by Crippen LogP contribution is -2.38. The molecule has 0 saturated carbocycles. The van der Waals surface area contributed by atoms with E-state index in [1.54, 1.807) is 23.2 Å². The van der Waals surface area contributed by atoms with Gasteiger partial charge < -0.3 is 10.0 Å². The van der Waals surface area contributed by atoms with Crippen molar-refractivity contribution in [2.75, 3.05) is 13.2 Å². The van der Waals surface area contributed by atoms with E-state index in [0.717, 1.165) is 6.42 Å². The van der Waals surface area contributed by atoms with Crippen LogP contribution in [0.5, 0.6) is 0 Å². The highest BCUT2D eigenvalue weighted by Gasteiger charge is 2.19. The molecule has 0 aliphatic carbocycles. The first-order chi connectivity index (χ1) is 9.13. The molecular weight excluding hydrogens is 240 g/mol. The minimum Gasteiger partial charge on any atom is -0.384 e. The van der Waals surface area contributed by atoms with Gasteiger partial charge in [0.15, 0.2) is 0 Å². The van der Waals surface area contributed by atoms with Crippen molar-refractivity contribution in [2.24, 2.45) is 0 Å². The van der Waals surface area contributed by atoms with Gasteiger partial charge in [-0.1, -0.05) is 18.8 Å². The van der Waals surface area contributed by atoms with Crippen LogP contribution in [0.1, 0.15) is 43.2 Å². The summed E-state index contributed by atoms with van der Waals surface area (Å²) >= 11 is 0. The Bertz CT molecular complexity index is 471. The molecule has 19 heavy (non-hydrogen) atoms. The number of hydrogen-bond donors (Lipinski definition) is 1. The molecule has 0 saturated heterocycles. The van der Waals surface area contributed by atoms with Crippen LogP contribution in [0.4, 0.5) is 0 Å². The number of amides is 1. The molecule has 0 spiro atoms. The zero-order valence-corrected chi connectivity index (χ0v) is 11.7. The second-order valence-corrected chi connectivity index (χ2v) is 4.24. The Labute approximate surface area is 114 Å². The third-order valence-electron chi connectivity index (χ3n) is 3.02. The molecule has 0 aliphatic rings. The summed E-state index contributed by atoms with van der Waals surface area (Å²) in [6.45, 7) is 6.54. The minimum atomic E-state index is -0.182. The van der Waals surface area contributed by atoms with Crippen molar-refractivity contribution in [3.8, 4) is 11.8 Å². The molecule has 0 bridgehead atoms. The lowest BCUT2D eigenvalue weighted by atomic mass is 10.2. The van der Waals surface area contributed by atoms with Gasteiger partial charge in [0.05, 0.1) is 0 Å². The Hall–Kier alpha value is -1.86. The second-order valence-electron chi connectivity index (χ2n) is 4.24. The Kier molecular flexibility index (Phi) is 6.04. The van der Waals surface area contributed by atoms with Crippen molar-refractivity contribution >= 4 is 5.91 Å². The third kappa shape index (κ3) is 4.08. The van der Waals surface area contributed by atoms with E-state index < -0.39 is 0 Å². The van der Waals surface area contributed by atoms with E-state index in [1.807, 2.05) is 13.8 Å². The molecule has 1 amide bonds. The smallest absolute Gasteiger partial charge is 0.272 e. The van der Waals surface area contributed by atoms with E-state index in [-0.39, 0.29) is 18.6 Å². The summed E-state index contributed by atoms with van der Waals surface area (Å²) in [5.74, 6) is 5.24. The molecule has 0 aromatic carbocycles. The molecule has 102 valence electrons. The molecule has 4 heteroatoms. The molecule has 1 aromatic heterocycles. The molecule has 4 nitrogen and oxygen atoms in total. The van der Waals surface area contributed by atoms with Gasteiger partial charge in [0.1, 0.15) is 12.3 Å². The molecule has 1 N–H and O–H groups in total. The highest BCUT2D eigenvalue weighted by atomic mass is 16.2. The maximum Gasteiger partial charge on any atom is 0.272 e. The first-order valence-corrected chi connectivity index (χ1v) is 6.50. The summed E-state index contributed by atoms with van der Waals surface area (Å²) in [4.78, 5) is 18.2. The second kappa shape index (κ2) is 7.55. The van der Waals surface area contributed by atoms with E-state index in [0.29, 0.717) is 17.8 Å². The number of aromatic nitrogens is 1. The van der Waals surface area contributed by atoms with Crippen molar-refractivity contribution in [3.05, 3.63) is 29.6 Å². The fourth-order valence-corrected chi connectivity index (χ4v) is 1.76. The van der Waals surface area contributed by atoms with Crippen LogP contribution in [-0.2, 0) is 0 Å². The molecule has 1 heterocycles. The Morgan fingerprint density at radius 3 is 2.68 bits per heavy atom. The van der Waals surface area contributed by atoms with Crippen molar-refractivity contribution in [3.63, 3.8) is 0 Å². The summed E-state index contributed by atoms with van der Waals surface area (Å²) < 4.78 is 0. The summed E-state index contributed by atoms with van der Waals surface area (Å²) in [7, 11) is 0. The SMILES string of the molecule is CCC(C)N(CC)C(=O)c1ccc(C#CCO)cn1. The topological polar surface area (TPSA) is 53.4 Å². The Morgan fingerprint density at radius 1 is 1.47 bits per heavy atom. The number of aliphatic hydroxyl groups is 1. The summed E-state index contributed by atoms with van der Waals surface area (Å²) in [6.07, 6.45) is 2.47. The zero-order valence-electron chi connectivity index (χ0n) is 11.7. The molecule has 1 aromatic rings. The molecule has 0 fully saturated rings. The predicted octanol–water partition coefficient (Wildman–Crippen LogP) is 1.69. The number of nitrogens with zero attached hydrogens (tertiary/aromatic N) is 2. The molecule has 0 radical (unpaired) electrons. The van der Waals surface area contributed by atoms with Gasteiger partial charge in [0.2, 0.25) is 0 Å². The molecule has 1 atom stereocenters. The molecule has 0 aliphatic heterocycles. The summed E-state index contributed by atoms with van der Waals surface area (Å²) in [5.41, 5.74) is 1.12. The maximum absolute atomic E-state index is 12.3. The van der Waals surface area contributed by atoms with E-state index in [4.69, 9.17) is 5.11 Å². The minimum absolute atomic E-state index is 0.0569. The number of aliphatic hydroxyl groups excluding tert-OH is 1. The third-order valence-corrected chi connectivity index (χ3v) is 3.02. The van der Waals surface area contributed by atoms with Gasteiger partial charge in [0.25, 0.3) is 5.91 Å². The average Bonchev–Trinajstić information content (AvgIpc) is 2.46. The number of carbonyl (C=O) groups is 1. The number of hydrogen-bond acceptors (Lipinski definition) is 3. The van der Waals surface area contributed by atoms with Crippen LogP contribution >= 0.6 is 0 Å². The highest BCUT2D eigenvalue weighted by Crippen LogP contribution is 2.09. The van der Waals surface area contributed by atoms with Crippen LogP contribution in [0.3, 0.4) is 0 Å². The van der Waals surface area contributed by atoms with Gasteiger partial charge in [-0.2, -0.15) is 0 Å².